The Kier molecular flexibility index (Phi) is 2.87. The molecule has 0 heterocycles. The molecule has 0 atom stereocenters. The van der Waals surface area contributed by atoms with Gasteiger partial charge in [0, 0.05) is 0 Å². The van der Waals surface area contributed by atoms with Gasteiger partial charge in [-0.25, -0.2) is 10.0 Å². The van der Waals surface area contributed by atoms with Gasteiger partial charge in [0.05, 0.1) is 0 Å². The molecule has 1 heteroatoms. The molecule has 1 aromatic rings. The lowest BCUT2D eigenvalue weighted by Crippen LogP contribution is -2.12. The van der Waals surface area contributed by atoms with E-state index in [1.54, 1.807) is 4.90 Å². The molecule has 0 aromatic heterocycles. The lowest BCUT2D eigenvalue weighted by Gasteiger charge is -2.38. The molecule has 1 saturated carbocycles. The minimum Gasteiger partial charge on any atom is -0.217 e. The Morgan fingerprint density at radius 2 is 1.57 bits per heavy atom. The summed E-state index contributed by atoms with van der Waals surface area (Å²) < 4.78 is 0. The number of hydrogen-bond acceptors (Lipinski definition) is 0. The third-order valence-corrected chi connectivity index (χ3v) is 7.11. The first kappa shape index (κ1) is 10.1. The zero-order chi connectivity index (χ0) is 10.0. The van der Waals surface area contributed by atoms with E-state index in [0.29, 0.717) is 0 Å². The molecular formula is C13H20S. The highest BCUT2D eigenvalue weighted by molar-refractivity contribution is 8.33. The van der Waals surface area contributed by atoms with Crippen molar-refractivity contribution in [2.24, 2.45) is 0 Å². The van der Waals surface area contributed by atoms with E-state index in [1.807, 2.05) is 0 Å². The summed E-state index contributed by atoms with van der Waals surface area (Å²) in [4.78, 5) is 1.59. The van der Waals surface area contributed by atoms with Crippen LogP contribution in [0.25, 0.3) is 0 Å². The minimum atomic E-state index is -0.539. The Balaban J connectivity index is 2.22. The fourth-order valence-electron chi connectivity index (χ4n) is 2.44. The quantitative estimate of drug-likeness (QED) is 0.688. The Hall–Kier alpha value is -0.430. The van der Waals surface area contributed by atoms with Crippen molar-refractivity contribution in [3.05, 3.63) is 30.3 Å². The molecule has 2 rings (SSSR count). The van der Waals surface area contributed by atoms with Crippen LogP contribution in [0.3, 0.4) is 0 Å². The Bertz CT molecular complexity index is 283. The highest BCUT2D eigenvalue weighted by Crippen LogP contribution is 2.57. The van der Waals surface area contributed by atoms with Crippen molar-refractivity contribution in [1.29, 1.82) is 0 Å². The van der Waals surface area contributed by atoms with Crippen LogP contribution in [0.1, 0.15) is 25.7 Å². The highest BCUT2D eigenvalue weighted by Gasteiger charge is 2.28. The maximum atomic E-state index is 2.48. The van der Waals surface area contributed by atoms with Crippen molar-refractivity contribution in [2.45, 2.75) is 35.8 Å². The van der Waals surface area contributed by atoms with E-state index in [2.05, 4.69) is 42.8 Å². The molecule has 0 amide bonds. The average molecular weight is 208 g/mol. The molecule has 1 aromatic carbocycles. The summed E-state index contributed by atoms with van der Waals surface area (Å²) in [6.07, 6.45) is 10.8. The van der Waals surface area contributed by atoms with Gasteiger partial charge in [-0.05, 0) is 35.5 Å². The maximum Gasteiger partial charge on any atom is -0.00784 e. The second kappa shape index (κ2) is 3.98. The third-order valence-electron chi connectivity index (χ3n) is 3.49. The first-order valence-corrected chi connectivity index (χ1v) is 8.00. The molecule has 0 nitrogen and oxygen atoms in total. The van der Waals surface area contributed by atoms with Gasteiger partial charge < -0.3 is 0 Å². The molecular weight excluding hydrogens is 188 g/mol. The van der Waals surface area contributed by atoms with Gasteiger partial charge in [0.1, 0.15) is 0 Å². The Labute approximate surface area is 89.0 Å². The molecule has 0 aliphatic heterocycles. The van der Waals surface area contributed by atoms with Crippen LogP contribution in [0.2, 0.25) is 0 Å². The molecule has 1 fully saturated rings. The van der Waals surface area contributed by atoms with Gasteiger partial charge in [0.25, 0.3) is 0 Å². The Morgan fingerprint density at radius 3 is 2.14 bits per heavy atom. The number of benzene rings is 1. The van der Waals surface area contributed by atoms with E-state index in [9.17, 15) is 0 Å². The normalized spacial score (nSPS) is 19.9. The summed E-state index contributed by atoms with van der Waals surface area (Å²) in [5, 5.41) is 0.977. The molecule has 1 aliphatic carbocycles. The second-order valence-corrected chi connectivity index (χ2v) is 8.57. The zero-order valence-corrected chi connectivity index (χ0v) is 10.0. The standard InChI is InChI=1S/C13H20S/c1-14(2,13-10-6-7-11-13)12-8-4-3-5-9-12/h3-5,8-9,13H,6-7,10-11H2,1-2H3. The van der Waals surface area contributed by atoms with Crippen molar-refractivity contribution in [3.8, 4) is 0 Å². The van der Waals surface area contributed by atoms with Crippen LogP contribution in [0.5, 0.6) is 0 Å². The van der Waals surface area contributed by atoms with Crippen LogP contribution >= 0.6 is 10.0 Å². The first-order chi connectivity index (χ1) is 6.71. The molecule has 14 heavy (non-hydrogen) atoms. The van der Waals surface area contributed by atoms with Crippen LogP contribution in [0, 0.1) is 0 Å². The topological polar surface area (TPSA) is 0 Å². The first-order valence-electron chi connectivity index (χ1n) is 5.48. The maximum absolute atomic E-state index is 2.48. The highest BCUT2D eigenvalue weighted by atomic mass is 32.3. The summed E-state index contributed by atoms with van der Waals surface area (Å²) in [6.45, 7) is 0. The molecule has 1 aliphatic rings. The van der Waals surface area contributed by atoms with E-state index in [-0.39, 0.29) is 0 Å². The van der Waals surface area contributed by atoms with Crippen LogP contribution in [0.4, 0.5) is 0 Å². The molecule has 0 radical (unpaired) electrons. The van der Waals surface area contributed by atoms with Crippen molar-refractivity contribution >= 4 is 10.0 Å². The van der Waals surface area contributed by atoms with Gasteiger partial charge in [-0.1, -0.05) is 43.2 Å². The van der Waals surface area contributed by atoms with Crippen molar-refractivity contribution in [2.75, 3.05) is 12.5 Å². The van der Waals surface area contributed by atoms with E-state index in [1.165, 1.54) is 25.7 Å². The largest absolute Gasteiger partial charge is 0.217 e. The molecule has 0 saturated heterocycles. The summed E-state index contributed by atoms with van der Waals surface area (Å²) in [5.74, 6) is 0. The second-order valence-electron chi connectivity index (χ2n) is 4.63. The smallest absolute Gasteiger partial charge is 0.00784 e. The van der Waals surface area contributed by atoms with E-state index in [0.717, 1.165) is 5.25 Å². The van der Waals surface area contributed by atoms with Gasteiger partial charge in [-0.3, -0.25) is 0 Å². The Morgan fingerprint density at radius 1 is 1.00 bits per heavy atom. The van der Waals surface area contributed by atoms with Crippen LogP contribution in [-0.2, 0) is 0 Å². The third kappa shape index (κ3) is 1.83. The summed E-state index contributed by atoms with van der Waals surface area (Å²) >= 11 is 0. The van der Waals surface area contributed by atoms with E-state index >= 15 is 0 Å². The SMILES string of the molecule is CS(C)(c1ccccc1)C1CCCC1. The molecule has 78 valence electrons. The van der Waals surface area contributed by atoms with Crippen molar-refractivity contribution in [1.82, 2.24) is 0 Å². The van der Waals surface area contributed by atoms with Crippen LogP contribution in [0.15, 0.2) is 35.2 Å². The van der Waals surface area contributed by atoms with Gasteiger partial charge in [-0.15, -0.1) is 0 Å². The summed E-state index contributed by atoms with van der Waals surface area (Å²) in [7, 11) is -0.539. The predicted molar refractivity (Wildman–Crippen MR) is 66.4 cm³/mol. The van der Waals surface area contributed by atoms with Crippen LogP contribution in [-0.4, -0.2) is 17.8 Å². The summed E-state index contributed by atoms with van der Waals surface area (Å²) in [6, 6.07) is 11.1. The monoisotopic (exact) mass is 208 g/mol. The number of hydrogen-bond donors (Lipinski definition) is 0. The summed E-state index contributed by atoms with van der Waals surface area (Å²) in [5.41, 5.74) is 0. The van der Waals surface area contributed by atoms with Gasteiger partial charge >= 0.3 is 0 Å². The van der Waals surface area contributed by atoms with Gasteiger partial charge in [0.15, 0.2) is 0 Å². The average Bonchev–Trinajstić information content (AvgIpc) is 2.72. The van der Waals surface area contributed by atoms with E-state index in [4.69, 9.17) is 0 Å². The lowest BCUT2D eigenvalue weighted by molar-refractivity contribution is 0.886. The molecule has 0 unspecified atom stereocenters. The number of rotatable bonds is 2. The molecule has 0 spiro atoms. The fraction of sp³-hybridized carbons (Fsp3) is 0.538. The fourth-order valence-corrected chi connectivity index (χ4v) is 5.20. The van der Waals surface area contributed by atoms with Crippen molar-refractivity contribution < 1.29 is 0 Å². The van der Waals surface area contributed by atoms with E-state index < -0.39 is 10.0 Å². The zero-order valence-electron chi connectivity index (χ0n) is 9.20. The minimum absolute atomic E-state index is 0.539. The molecule has 0 N–H and O–H groups in total. The predicted octanol–water partition coefficient (Wildman–Crippen LogP) is 4.05. The van der Waals surface area contributed by atoms with Gasteiger partial charge in [0.2, 0.25) is 0 Å². The van der Waals surface area contributed by atoms with Crippen LogP contribution < -0.4 is 0 Å². The van der Waals surface area contributed by atoms with Crippen molar-refractivity contribution in [3.63, 3.8) is 0 Å². The van der Waals surface area contributed by atoms with Gasteiger partial charge in [-0.2, -0.15) is 0 Å². The lowest BCUT2D eigenvalue weighted by atomic mass is 10.4. The molecule has 0 bridgehead atoms.